The molecule has 9 nitrogen and oxygen atoms in total. The molecule has 0 spiro atoms. The van der Waals surface area contributed by atoms with Crippen molar-refractivity contribution >= 4 is 47.7 Å². The van der Waals surface area contributed by atoms with Crippen LogP contribution in [0.1, 0.15) is 79.5 Å². The lowest BCUT2D eigenvalue weighted by Crippen LogP contribution is -2.54. The zero-order chi connectivity index (χ0) is 37.2. The van der Waals surface area contributed by atoms with Crippen LogP contribution in [-0.4, -0.2) is 54.3 Å². The third kappa shape index (κ3) is 10.3. The highest BCUT2D eigenvalue weighted by atomic mass is 32.1. The van der Waals surface area contributed by atoms with Crippen molar-refractivity contribution in [1.29, 1.82) is 0 Å². The van der Waals surface area contributed by atoms with Gasteiger partial charge in [-0.25, -0.2) is 19.6 Å². The van der Waals surface area contributed by atoms with Crippen molar-refractivity contribution in [2.75, 3.05) is 11.4 Å². The Morgan fingerprint density at radius 2 is 1.52 bits per heavy atom. The first-order chi connectivity index (χ1) is 23.0. The van der Waals surface area contributed by atoms with Crippen LogP contribution in [0.4, 0.5) is 19.1 Å². The first-order valence-electron chi connectivity index (χ1n) is 16.8. The van der Waals surface area contributed by atoms with Crippen molar-refractivity contribution < 1.29 is 27.9 Å². The maximum atomic E-state index is 14.1. The molecule has 0 bridgehead atoms. The number of thiazole rings is 1. The number of benzene rings is 2. The summed E-state index contributed by atoms with van der Waals surface area (Å²) >= 11 is 1.29. The highest BCUT2D eigenvalue weighted by molar-refractivity contribution is 7.19. The highest BCUT2D eigenvalue weighted by Crippen LogP contribution is 2.41. The van der Waals surface area contributed by atoms with Crippen LogP contribution in [0.3, 0.4) is 0 Å². The minimum absolute atomic E-state index is 0.0388. The summed E-state index contributed by atoms with van der Waals surface area (Å²) in [6, 6.07) is 14.2. The van der Waals surface area contributed by atoms with E-state index in [0.29, 0.717) is 10.5 Å². The van der Waals surface area contributed by atoms with Crippen molar-refractivity contribution in [2.24, 2.45) is 0 Å². The van der Waals surface area contributed by atoms with E-state index >= 15 is 0 Å². The van der Waals surface area contributed by atoms with Gasteiger partial charge in [-0.1, -0.05) is 74.1 Å². The molecule has 2 heterocycles. The number of aryl methyl sites for hydroxylation is 1. The standard InChI is InChI=1S/C38H51FN4O5SSi/c1-24-13-15-25(16-14-24)32(48-50(11,12)38(8,9)10)29(42-34(44)46-36(2,3)4)23-43(35(45)47-37(5,6)7)33-41-22-30(49-33)26-17-18-27-21-40-31(39)20-28(27)19-26/h13-22,29,32H,23H2,1-12H3,(H,42,44)/t29-,32+/m1/s1. The monoisotopic (exact) mass is 722 g/mol. The second-order valence-corrected chi connectivity index (χ2v) is 21.9. The molecule has 12 heteroatoms. The smallest absolute Gasteiger partial charge is 0.416 e. The summed E-state index contributed by atoms with van der Waals surface area (Å²) in [6.07, 6.45) is 1.25. The second-order valence-electron chi connectivity index (χ2n) is 16.1. The van der Waals surface area contributed by atoms with Crippen LogP contribution in [-0.2, 0) is 13.9 Å². The molecular weight excluding hydrogens is 672 g/mol. The molecule has 270 valence electrons. The number of carbonyl (C=O) groups is 2. The van der Waals surface area contributed by atoms with Crippen LogP contribution in [0, 0.1) is 12.9 Å². The Bertz CT molecular complexity index is 1810. The number of aromatic nitrogens is 2. The van der Waals surface area contributed by atoms with Crippen LogP contribution in [0.2, 0.25) is 18.1 Å². The van der Waals surface area contributed by atoms with Crippen LogP contribution < -0.4 is 10.2 Å². The molecule has 0 aliphatic carbocycles. The third-order valence-electron chi connectivity index (χ3n) is 8.39. The average Bonchev–Trinajstić information content (AvgIpc) is 3.45. The molecule has 0 radical (unpaired) electrons. The molecule has 1 N–H and O–H groups in total. The maximum Gasteiger partial charge on any atom is 0.416 e. The predicted octanol–water partition coefficient (Wildman–Crippen LogP) is 10.2. The number of pyridine rings is 1. The minimum Gasteiger partial charge on any atom is -0.444 e. The van der Waals surface area contributed by atoms with E-state index in [4.69, 9.17) is 13.9 Å². The zero-order valence-corrected chi connectivity index (χ0v) is 33.1. The van der Waals surface area contributed by atoms with E-state index in [9.17, 15) is 14.0 Å². The van der Waals surface area contributed by atoms with Crippen LogP contribution in [0.5, 0.6) is 0 Å². The first-order valence-corrected chi connectivity index (χ1v) is 20.5. The van der Waals surface area contributed by atoms with Gasteiger partial charge in [0.15, 0.2) is 13.4 Å². The fourth-order valence-corrected chi connectivity index (χ4v) is 7.04. The molecule has 0 unspecified atom stereocenters. The maximum absolute atomic E-state index is 14.1. The van der Waals surface area contributed by atoms with E-state index in [0.717, 1.165) is 27.0 Å². The number of halogens is 1. The fraction of sp³-hybridized carbons (Fsp3) is 0.474. The molecule has 2 atom stereocenters. The van der Waals surface area contributed by atoms with Crippen molar-refractivity contribution in [3.63, 3.8) is 0 Å². The van der Waals surface area contributed by atoms with Gasteiger partial charge in [-0.3, -0.25) is 4.90 Å². The van der Waals surface area contributed by atoms with E-state index in [1.807, 2.05) is 49.4 Å². The summed E-state index contributed by atoms with van der Waals surface area (Å²) in [4.78, 5) is 38.2. The van der Waals surface area contributed by atoms with Crippen molar-refractivity contribution in [2.45, 2.75) is 111 Å². The topological polar surface area (TPSA) is 103 Å². The van der Waals surface area contributed by atoms with E-state index in [1.165, 1.54) is 28.5 Å². The number of carbonyl (C=O) groups excluding carboxylic acids is 2. The summed E-state index contributed by atoms with van der Waals surface area (Å²) in [5, 5.41) is 4.77. The van der Waals surface area contributed by atoms with Gasteiger partial charge in [0, 0.05) is 23.8 Å². The minimum atomic E-state index is -2.46. The lowest BCUT2D eigenvalue weighted by atomic mass is 10.0. The second kappa shape index (κ2) is 14.8. The fourth-order valence-electron chi connectivity index (χ4n) is 4.84. The average molecular weight is 723 g/mol. The molecule has 2 aromatic heterocycles. The number of anilines is 1. The Kier molecular flexibility index (Phi) is 11.5. The number of alkyl carbamates (subject to hydrolysis) is 1. The Balaban J connectivity index is 1.83. The Morgan fingerprint density at radius 1 is 0.880 bits per heavy atom. The van der Waals surface area contributed by atoms with Gasteiger partial charge in [-0.05, 0) is 89.2 Å². The summed E-state index contributed by atoms with van der Waals surface area (Å²) in [6.45, 7) is 23.5. The van der Waals surface area contributed by atoms with Gasteiger partial charge in [0.25, 0.3) is 0 Å². The molecule has 0 saturated heterocycles. The molecular formula is C38H51FN4O5SSi. The molecule has 2 amide bonds. The molecule has 0 saturated carbocycles. The van der Waals surface area contributed by atoms with E-state index < -0.39 is 49.8 Å². The number of amides is 2. The van der Waals surface area contributed by atoms with Gasteiger partial charge >= 0.3 is 12.2 Å². The molecule has 0 aliphatic rings. The number of hydrogen-bond donors (Lipinski definition) is 1. The van der Waals surface area contributed by atoms with Crippen LogP contribution in [0.25, 0.3) is 21.2 Å². The summed E-state index contributed by atoms with van der Waals surface area (Å²) < 4.78 is 32.7. The SMILES string of the molecule is Cc1ccc([C@H](O[Si](C)(C)C(C)(C)C)[C@@H](CN(C(=O)OC(C)(C)C)c2ncc(-c3ccc4cnc(F)cc4c3)s2)NC(=O)OC(C)(C)C)cc1. The van der Waals surface area contributed by atoms with Gasteiger partial charge in [0.1, 0.15) is 11.2 Å². The van der Waals surface area contributed by atoms with E-state index in [-0.39, 0.29) is 11.6 Å². The normalized spacial score (nSPS) is 13.9. The molecule has 4 aromatic rings. The van der Waals surface area contributed by atoms with Crippen LogP contribution >= 0.6 is 11.3 Å². The quantitative estimate of drug-likeness (QED) is 0.135. The van der Waals surface area contributed by atoms with Gasteiger partial charge in [0.2, 0.25) is 5.95 Å². The van der Waals surface area contributed by atoms with Gasteiger partial charge < -0.3 is 19.2 Å². The van der Waals surface area contributed by atoms with Gasteiger partial charge in [0.05, 0.1) is 23.6 Å². The summed E-state index contributed by atoms with van der Waals surface area (Å²) in [7, 11) is -2.46. The van der Waals surface area contributed by atoms with Gasteiger partial charge in [-0.15, -0.1) is 0 Å². The molecule has 4 rings (SSSR count). The first kappa shape index (κ1) is 38.9. The number of fused-ring (bicyclic) bond motifs is 1. The van der Waals surface area contributed by atoms with Crippen molar-refractivity contribution in [3.05, 3.63) is 78.0 Å². The van der Waals surface area contributed by atoms with E-state index in [1.54, 1.807) is 47.7 Å². The van der Waals surface area contributed by atoms with Crippen LogP contribution in [0.15, 0.2) is 60.9 Å². The number of ether oxygens (including phenoxy) is 2. The Labute approximate surface area is 300 Å². The Morgan fingerprint density at radius 3 is 2.12 bits per heavy atom. The summed E-state index contributed by atoms with van der Waals surface area (Å²) in [5.74, 6) is -0.567. The van der Waals surface area contributed by atoms with Gasteiger partial charge in [-0.2, -0.15) is 4.39 Å². The third-order valence-corrected chi connectivity index (χ3v) is 13.9. The number of rotatable bonds is 9. The summed E-state index contributed by atoms with van der Waals surface area (Å²) in [5.41, 5.74) is 1.16. The molecule has 50 heavy (non-hydrogen) atoms. The lowest BCUT2D eigenvalue weighted by molar-refractivity contribution is 0.0414. The zero-order valence-electron chi connectivity index (χ0n) is 31.3. The predicted molar refractivity (Wildman–Crippen MR) is 202 cm³/mol. The van der Waals surface area contributed by atoms with Crippen molar-refractivity contribution in [1.82, 2.24) is 15.3 Å². The molecule has 0 fully saturated rings. The number of nitrogens with one attached hydrogen (secondary N) is 1. The highest BCUT2D eigenvalue weighted by Gasteiger charge is 2.43. The molecule has 2 aromatic carbocycles. The lowest BCUT2D eigenvalue weighted by Gasteiger charge is -2.42. The number of hydrogen-bond acceptors (Lipinski definition) is 8. The number of nitrogens with zero attached hydrogens (tertiary/aromatic N) is 3. The molecule has 0 aliphatic heterocycles. The largest absolute Gasteiger partial charge is 0.444 e. The Hall–Kier alpha value is -3.87. The van der Waals surface area contributed by atoms with Crippen molar-refractivity contribution in [3.8, 4) is 10.4 Å². The van der Waals surface area contributed by atoms with E-state index in [2.05, 4.69) is 49.1 Å².